The highest BCUT2D eigenvalue weighted by atomic mass is 32.1. The molecule has 386 valence electrons. The number of benzene rings is 5. The maximum atomic E-state index is 14.2. The molecule has 1 fully saturated rings. The van der Waals surface area contributed by atoms with Crippen molar-refractivity contribution >= 4 is 52.0 Å². The lowest BCUT2D eigenvalue weighted by molar-refractivity contribution is -0.142. The SMILES string of the molecule is CCC(=C(c1ccc(O)cc1)c1ccc(OCCN(C)C(=O)CCCNC(=O)c2ccc(C(=O)N[C@H](C(=O)N3C[C@H](O)C[C@H]3C(=O)NCc3ccc(-c4scnc4C)cc3)C(C)(C)C)cc2)cc1)c1ccccc1. The van der Waals surface area contributed by atoms with E-state index in [1.165, 1.54) is 34.7 Å². The molecule has 3 atom stereocenters. The molecule has 6 aromatic rings. The number of phenolic OH excluding ortho intramolecular Hbond substituents is 1. The number of ether oxygens (including phenoxy) is 1. The van der Waals surface area contributed by atoms with Gasteiger partial charge in [0.2, 0.25) is 17.7 Å². The Balaban J connectivity index is 0.846. The number of thiazole rings is 1. The molecular formula is C59H66N6O8S. The predicted octanol–water partition coefficient (Wildman–Crippen LogP) is 8.66. The number of likely N-dealkylation sites (N-methyl/N-ethyl adjacent to an activating group) is 1. The molecule has 0 bridgehead atoms. The van der Waals surface area contributed by atoms with Crippen molar-refractivity contribution in [1.82, 2.24) is 30.7 Å². The third kappa shape index (κ3) is 13.9. The van der Waals surface area contributed by atoms with Crippen LogP contribution in [-0.2, 0) is 20.9 Å². The number of nitrogens with one attached hydrogen (secondary N) is 3. The number of phenols is 1. The molecule has 0 radical (unpaired) electrons. The van der Waals surface area contributed by atoms with E-state index in [2.05, 4.69) is 40.0 Å². The number of rotatable bonds is 20. The van der Waals surface area contributed by atoms with E-state index < -0.39 is 41.3 Å². The number of hydrogen-bond donors (Lipinski definition) is 5. The van der Waals surface area contributed by atoms with Crippen LogP contribution in [0.5, 0.6) is 11.5 Å². The molecule has 0 aliphatic carbocycles. The Morgan fingerprint density at radius 3 is 2.04 bits per heavy atom. The van der Waals surface area contributed by atoms with Gasteiger partial charge in [-0.3, -0.25) is 24.0 Å². The molecule has 0 saturated carbocycles. The van der Waals surface area contributed by atoms with Crippen LogP contribution in [0.2, 0.25) is 0 Å². The van der Waals surface area contributed by atoms with E-state index in [-0.39, 0.29) is 55.6 Å². The van der Waals surface area contributed by atoms with Gasteiger partial charge in [-0.25, -0.2) is 4.98 Å². The van der Waals surface area contributed by atoms with Crippen molar-refractivity contribution < 1.29 is 38.9 Å². The van der Waals surface area contributed by atoms with E-state index in [4.69, 9.17) is 4.74 Å². The van der Waals surface area contributed by atoms with Crippen LogP contribution in [0, 0.1) is 12.3 Å². The number of carbonyl (C=O) groups is 5. The molecule has 14 nitrogen and oxygen atoms in total. The van der Waals surface area contributed by atoms with E-state index in [1.54, 1.807) is 40.9 Å². The van der Waals surface area contributed by atoms with Crippen LogP contribution in [0.15, 0.2) is 133 Å². The number of aryl methyl sites for hydroxylation is 1. The van der Waals surface area contributed by atoms with Gasteiger partial charge in [-0.05, 0) is 113 Å². The smallest absolute Gasteiger partial charge is 0.251 e. The van der Waals surface area contributed by atoms with Crippen LogP contribution in [0.4, 0.5) is 0 Å². The summed E-state index contributed by atoms with van der Waals surface area (Å²) in [6.07, 6.45) is 0.596. The summed E-state index contributed by atoms with van der Waals surface area (Å²) in [4.78, 5) is 75.7. The molecule has 0 unspecified atom stereocenters. The monoisotopic (exact) mass is 1020 g/mol. The Labute approximate surface area is 437 Å². The fourth-order valence-electron chi connectivity index (χ4n) is 8.95. The van der Waals surface area contributed by atoms with Crippen LogP contribution in [0.25, 0.3) is 21.6 Å². The molecule has 15 heteroatoms. The van der Waals surface area contributed by atoms with Crippen LogP contribution in [0.1, 0.15) is 102 Å². The lowest BCUT2D eigenvalue weighted by atomic mass is 9.85. The largest absolute Gasteiger partial charge is 0.508 e. The Bertz CT molecular complexity index is 2910. The van der Waals surface area contributed by atoms with Crippen molar-refractivity contribution in [3.8, 4) is 21.9 Å². The van der Waals surface area contributed by atoms with Gasteiger partial charge in [-0.2, -0.15) is 0 Å². The molecule has 0 spiro atoms. The Morgan fingerprint density at radius 2 is 1.43 bits per heavy atom. The third-order valence-corrected chi connectivity index (χ3v) is 14.1. The highest BCUT2D eigenvalue weighted by Gasteiger charge is 2.44. The third-order valence-electron chi connectivity index (χ3n) is 13.1. The normalized spacial score (nSPS) is 15.1. The topological polar surface area (TPSA) is 190 Å². The van der Waals surface area contributed by atoms with E-state index in [0.717, 1.165) is 50.4 Å². The number of amides is 5. The van der Waals surface area contributed by atoms with Gasteiger partial charge in [-0.1, -0.05) is 107 Å². The van der Waals surface area contributed by atoms with Gasteiger partial charge in [0, 0.05) is 50.7 Å². The predicted molar refractivity (Wildman–Crippen MR) is 289 cm³/mol. The fourth-order valence-corrected chi connectivity index (χ4v) is 9.76. The van der Waals surface area contributed by atoms with Crippen molar-refractivity contribution in [3.63, 3.8) is 0 Å². The minimum Gasteiger partial charge on any atom is -0.508 e. The van der Waals surface area contributed by atoms with Gasteiger partial charge in [0.25, 0.3) is 11.8 Å². The number of carbonyl (C=O) groups excluding carboxylic acids is 5. The number of aliphatic hydroxyl groups excluding tert-OH is 1. The summed E-state index contributed by atoms with van der Waals surface area (Å²) in [5.41, 5.74) is 9.84. The lowest BCUT2D eigenvalue weighted by Crippen LogP contribution is -2.57. The second-order valence-corrected chi connectivity index (χ2v) is 20.4. The number of aromatic nitrogens is 1. The molecule has 1 aliphatic heterocycles. The summed E-state index contributed by atoms with van der Waals surface area (Å²) in [7, 11) is 1.72. The van der Waals surface area contributed by atoms with E-state index in [9.17, 15) is 34.2 Å². The Morgan fingerprint density at radius 1 is 0.811 bits per heavy atom. The standard InChI is InChI=1S/C59H66N6O8S/c1-7-49(40-12-9-8-10-13-40)52(41-23-27-46(66)28-24-41)42-25-29-48(30-26-42)73-33-32-64(6)51(68)14-11-31-60-55(69)44-19-21-45(22-20-44)56(70)63-54(59(3,4)5)58(72)65-36-47(67)34-50(65)57(71)61-35-39-15-17-43(18-16-39)53-38(2)62-37-74-53/h8-10,12-13,15-30,37,47,50,54,66-67H,7,11,14,31-36H2,1-6H3,(H,60,69)(H,61,71)(H,63,70)/t47-,50+,54-/m1/s1. The molecule has 74 heavy (non-hydrogen) atoms. The highest BCUT2D eigenvalue weighted by Crippen LogP contribution is 2.36. The molecule has 5 amide bonds. The first-order chi connectivity index (χ1) is 35.5. The summed E-state index contributed by atoms with van der Waals surface area (Å²) in [6, 6.07) is 37.3. The van der Waals surface area contributed by atoms with Gasteiger partial charge in [0.15, 0.2) is 0 Å². The maximum Gasteiger partial charge on any atom is 0.251 e. The molecular weight excluding hydrogens is 953 g/mol. The zero-order chi connectivity index (χ0) is 52.9. The second-order valence-electron chi connectivity index (χ2n) is 19.6. The highest BCUT2D eigenvalue weighted by molar-refractivity contribution is 7.13. The molecule has 1 aromatic heterocycles. The van der Waals surface area contributed by atoms with Gasteiger partial charge >= 0.3 is 0 Å². The maximum absolute atomic E-state index is 14.2. The quantitative estimate of drug-likeness (QED) is 0.0368. The summed E-state index contributed by atoms with van der Waals surface area (Å²) < 4.78 is 6.03. The molecule has 5 N–H and O–H groups in total. The average Bonchev–Trinajstić information content (AvgIpc) is 4.02. The van der Waals surface area contributed by atoms with Crippen LogP contribution >= 0.6 is 11.3 Å². The van der Waals surface area contributed by atoms with E-state index >= 15 is 0 Å². The van der Waals surface area contributed by atoms with Crippen molar-refractivity contribution in [2.45, 2.75) is 85.0 Å². The molecule has 2 heterocycles. The van der Waals surface area contributed by atoms with Crippen molar-refractivity contribution in [1.29, 1.82) is 0 Å². The van der Waals surface area contributed by atoms with Crippen molar-refractivity contribution in [2.24, 2.45) is 5.41 Å². The first kappa shape index (κ1) is 54.2. The van der Waals surface area contributed by atoms with E-state index in [1.807, 2.05) is 107 Å². The first-order valence-electron chi connectivity index (χ1n) is 25.0. The number of β-amino-alcohol motifs (C(OH)–C–C–N with tert-alkyl or cyclic N) is 1. The number of aliphatic hydroxyl groups is 1. The summed E-state index contributed by atoms with van der Waals surface area (Å²) in [5.74, 6) is -0.990. The number of hydrogen-bond acceptors (Lipinski definition) is 10. The second kappa shape index (κ2) is 24.9. The van der Waals surface area contributed by atoms with Crippen molar-refractivity contribution in [2.75, 3.05) is 33.3 Å². The lowest BCUT2D eigenvalue weighted by Gasteiger charge is -2.35. The summed E-state index contributed by atoms with van der Waals surface area (Å²) in [5, 5.41) is 29.2. The van der Waals surface area contributed by atoms with Gasteiger partial charge in [0.05, 0.1) is 28.7 Å². The van der Waals surface area contributed by atoms with Crippen LogP contribution < -0.4 is 20.7 Å². The minimum atomic E-state index is -1.04. The van der Waals surface area contributed by atoms with Crippen molar-refractivity contribution in [3.05, 3.63) is 172 Å². The average molecular weight is 1020 g/mol. The van der Waals surface area contributed by atoms with Crippen LogP contribution in [-0.4, -0.2) is 106 Å². The number of nitrogens with zero attached hydrogens (tertiary/aromatic N) is 3. The molecule has 5 aromatic carbocycles. The number of allylic oxidation sites excluding steroid dienone is 1. The summed E-state index contributed by atoms with van der Waals surface area (Å²) in [6.45, 7) is 10.6. The number of likely N-dealkylation sites (tertiary alicyclic amines) is 1. The molecule has 7 rings (SSSR count). The Hall–Kier alpha value is -7.62. The minimum absolute atomic E-state index is 0.0529. The van der Waals surface area contributed by atoms with Gasteiger partial charge < -0.3 is 40.7 Å². The fraction of sp³-hybridized carbons (Fsp3) is 0.322. The molecule has 1 aliphatic rings. The first-order valence-corrected chi connectivity index (χ1v) is 25.9. The zero-order valence-corrected chi connectivity index (χ0v) is 43.7. The number of aromatic hydroxyl groups is 1. The van der Waals surface area contributed by atoms with Gasteiger partial charge in [0.1, 0.15) is 30.2 Å². The molecule has 1 saturated heterocycles. The van der Waals surface area contributed by atoms with Crippen LogP contribution in [0.3, 0.4) is 0 Å². The van der Waals surface area contributed by atoms with Gasteiger partial charge in [-0.15, -0.1) is 11.3 Å². The summed E-state index contributed by atoms with van der Waals surface area (Å²) >= 11 is 1.56. The Kier molecular flexibility index (Phi) is 18.2. The zero-order valence-electron chi connectivity index (χ0n) is 42.9. The van der Waals surface area contributed by atoms with E-state index in [0.29, 0.717) is 30.9 Å².